The number of nitrogens with zero attached hydrogens (tertiary/aromatic N) is 3. The number of aryl methyl sites for hydroxylation is 1. The third-order valence-electron chi connectivity index (χ3n) is 3.31. The van der Waals surface area contributed by atoms with E-state index in [1.165, 1.54) is 5.56 Å². The van der Waals surface area contributed by atoms with Gasteiger partial charge in [-0.3, -0.25) is 0 Å². The topological polar surface area (TPSA) is 41.0 Å². The molecule has 0 unspecified atom stereocenters. The molecule has 0 spiro atoms. The molecule has 2 aromatic rings. The van der Waals surface area contributed by atoms with Crippen LogP contribution in [0.15, 0.2) is 35.5 Å². The number of anilines is 3. The number of nitrogens with one attached hydrogen (secondary N) is 1. The highest BCUT2D eigenvalue weighted by Crippen LogP contribution is 2.26. The van der Waals surface area contributed by atoms with Gasteiger partial charge in [0.05, 0.1) is 0 Å². The smallest absolute Gasteiger partial charge is 0.191 e. The van der Waals surface area contributed by atoms with E-state index in [0.717, 1.165) is 35.4 Å². The van der Waals surface area contributed by atoms with Crippen LogP contribution in [0.1, 0.15) is 19.4 Å². The Bertz CT molecular complexity index is 583. The lowest BCUT2D eigenvalue weighted by molar-refractivity contribution is 0.940. The molecule has 0 amide bonds. The minimum absolute atomic E-state index is 0.778. The Morgan fingerprint density at radius 2 is 1.86 bits per heavy atom. The third-order valence-corrected chi connectivity index (χ3v) is 3.86. The van der Waals surface area contributed by atoms with E-state index in [1.807, 2.05) is 19.4 Å². The van der Waals surface area contributed by atoms with Crippen LogP contribution in [0.4, 0.5) is 17.3 Å². The first-order chi connectivity index (χ1) is 10.2. The molecule has 2 rings (SSSR count). The highest BCUT2D eigenvalue weighted by atomic mass is 32.2. The fraction of sp³-hybridized carbons (Fsp3) is 0.375. The molecule has 0 aliphatic heterocycles. The molecule has 0 aliphatic carbocycles. The van der Waals surface area contributed by atoms with E-state index in [-0.39, 0.29) is 0 Å². The van der Waals surface area contributed by atoms with Crippen LogP contribution >= 0.6 is 11.8 Å². The van der Waals surface area contributed by atoms with Crippen molar-refractivity contribution in [1.82, 2.24) is 9.97 Å². The lowest BCUT2D eigenvalue weighted by atomic mass is 10.1. The number of hydrogen-bond acceptors (Lipinski definition) is 5. The lowest BCUT2D eigenvalue weighted by Crippen LogP contribution is -2.13. The van der Waals surface area contributed by atoms with Crippen LogP contribution in [-0.4, -0.2) is 29.8 Å². The standard InChI is InChI=1S/C16H22N4S/c1-5-12-7-9-13(10-8-12)20(3)15-11-14(17-6-2)18-16(19-15)21-4/h7-11H,5-6H2,1-4H3,(H,17,18,19). The predicted octanol–water partition coefficient (Wildman–Crippen LogP) is 3.96. The van der Waals surface area contributed by atoms with Crippen molar-refractivity contribution >= 4 is 29.1 Å². The summed E-state index contributed by atoms with van der Waals surface area (Å²) in [5, 5.41) is 4.03. The Hall–Kier alpha value is -1.75. The van der Waals surface area contributed by atoms with Crippen molar-refractivity contribution in [1.29, 1.82) is 0 Å². The van der Waals surface area contributed by atoms with Gasteiger partial charge < -0.3 is 10.2 Å². The normalized spacial score (nSPS) is 10.5. The molecule has 1 N–H and O–H groups in total. The number of thioether (sulfide) groups is 1. The molecule has 0 fully saturated rings. The van der Waals surface area contributed by atoms with Crippen molar-refractivity contribution in [2.75, 3.05) is 30.1 Å². The predicted molar refractivity (Wildman–Crippen MR) is 91.9 cm³/mol. The van der Waals surface area contributed by atoms with Gasteiger partial charge in [0.15, 0.2) is 5.16 Å². The Labute approximate surface area is 131 Å². The average Bonchev–Trinajstić information content (AvgIpc) is 2.54. The Morgan fingerprint density at radius 1 is 1.14 bits per heavy atom. The molecule has 0 radical (unpaired) electrons. The van der Waals surface area contributed by atoms with Crippen molar-refractivity contribution in [3.8, 4) is 0 Å². The summed E-state index contributed by atoms with van der Waals surface area (Å²) in [5.74, 6) is 1.76. The zero-order chi connectivity index (χ0) is 15.2. The van der Waals surface area contributed by atoms with Crippen molar-refractivity contribution in [2.24, 2.45) is 0 Å². The molecule has 0 bridgehead atoms. The maximum atomic E-state index is 4.59. The molecule has 0 atom stereocenters. The summed E-state index contributed by atoms with van der Waals surface area (Å²) < 4.78 is 0. The maximum Gasteiger partial charge on any atom is 0.191 e. The number of hydrogen-bond donors (Lipinski definition) is 1. The third kappa shape index (κ3) is 3.88. The van der Waals surface area contributed by atoms with Crippen molar-refractivity contribution in [3.05, 3.63) is 35.9 Å². The van der Waals surface area contributed by atoms with Gasteiger partial charge in [-0.05, 0) is 37.3 Å². The number of benzene rings is 1. The SMILES string of the molecule is CCNc1cc(N(C)c2ccc(CC)cc2)nc(SC)n1. The fourth-order valence-corrected chi connectivity index (χ4v) is 2.41. The lowest BCUT2D eigenvalue weighted by Gasteiger charge is -2.20. The monoisotopic (exact) mass is 302 g/mol. The Balaban J connectivity index is 2.31. The van der Waals surface area contributed by atoms with Crippen LogP contribution in [0.25, 0.3) is 0 Å². The summed E-state index contributed by atoms with van der Waals surface area (Å²) in [7, 11) is 2.03. The van der Waals surface area contributed by atoms with E-state index in [0.29, 0.717) is 0 Å². The van der Waals surface area contributed by atoms with E-state index in [1.54, 1.807) is 11.8 Å². The van der Waals surface area contributed by atoms with Gasteiger partial charge in [0, 0.05) is 25.3 Å². The van der Waals surface area contributed by atoms with Gasteiger partial charge in [-0.1, -0.05) is 30.8 Å². The second-order valence-electron chi connectivity index (χ2n) is 4.71. The number of rotatable bonds is 6. The Kier molecular flexibility index (Phi) is 5.44. The summed E-state index contributed by atoms with van der Waals surface area (Å²) in [6, 6.07) is 10.6. The molecule has 0 aliphatic rings. The highest BCUT2D eigenvalue weighted by Gasteiger charge is 2.09. The molecule has 1 heterocycles. The van der Waals surface area contributed by atoms with Gasteiger partial charge in [0.2, 0.25) is 0 Å². The molecule has 5 heteroatoms. The van der Waals surface area contributed by atoms with Crippen molar-refractivity contribution in [2.45, 2.75) is 25.4 Å². The average molecular weight is 302 g/mol. The van der Waals surface area contributed by atoms with Gasteiger partial charge in [-0.25, -0.2) is 9.97 Å². The number of aromatic nitrogens is 2. The van der Waals surface area contributed by atoms with Crippen LogP contribution < -0.4 is 10.2 Å². The first-order valence-electron chi connectivity index (χ1n) is 7.17. The summed E-state index contributed by atoms with van der Waals surface area (Å²) in [5.41, 5.74) is 2.47. The summed E-state index contributed by atoms with van der Waals surface area (Å²) in [4.78, 5) is 11.1. The van der Waals surface area contributed by atoms with E-state index in [9.17, 15) is 0 Å². The molecule has 1 aromatic heterocycles. The Morgan fingerprint density at radius 3 is 2.43 bits per heavy atom. The van der Waals surface area contributed by atoms with Crippen LogP contribution in [0.3, 0.4) is 0 Å². The van der Waals surface area contributed by atoms with E-state index in [4.69, 9.17) is 0 Å². The molecule has 1 aromatic carbocycles. The van der Waals surface area contributed by atoms with Gasteiger partial charge in [0.25, 0.3) is 0 Å². The van der Waals surface area contributed by atoms with E-state index < -0.39 is 0 Å². The second-order valence-corrected chi connectivity index (χ2v) is 5.48. The largest absolute Gasteiger partial charge is 0.370 e. The quantitative estimate of drug-likeness (QED) is 0.646. The van der Waals surface area contributed by atoms with Crippen LogP contribution in [-0.2, 0) is 6.42 Å². The van der Waals surface area contributed by atoms with E-state index >= 15 is 0 Å². The minimum atomic E-state index is 0.778. The van der Waals surface area contributed by atoms with E-state index in [2.05, 4.69) is 58.3 Å². The molecule has 21 heavy (non-hydrogen) atoms. The van der Waals surface area contributed by atoms with Crippen molar-refractivity contribution in [3.63, 3.8) is 0 Å². The molecule has 0 saturated carbocycles. The molecule has 0 saturated heterocycles. The fourth-order valence-electron chi connectivity index (χ4n) is 2.04. The zero-order valence-corrected chi connectivity index (χ0v) is 13.9. The summed E-state index contributed by atoms with van der Waals surface area (Å²) >= 11 is 1.55. The van der Waals surface area contributed by atoms with Crippen LogP contribution in [0, 0.1) is 0 Å². The minimum Gasteiger partial charge on any atom is -0.370 e. The highest BCUT2D eigenvalue weighted by molar-refractivity contribution is 7.98. The van der Waals surface area contributed by atoms with Crippen molar-refractivity contribution < 1.29 is 0 Å². The zero-order valence-electron chi connectivity index (χ0n) is 13.1. The molecular formula is C16H22N4S. The van der Waals surface area contributed by atoms with Crippen LogP contribution in [0.2, 0.25) is 0 Å². The van der Waals surface area contributed by atoms with Gasteiger partial charge in [-0.2, -0.15) is 0 Å². The first kappa shape index (κ1) is 15.6. The van der Waals surface area contributed by atoms with Gasteiger partial charge in [-0.15, -0.1) is 0 Å². The second kappa shape index (κ2) is 7.31. The summed E-state index contributed by atoms with van der Waals surface area (Å²) in [6.07, 6.45) is 3.05. The molecular weight excluding hydrogens is 280 g/mol. The first-order valence-corrected chi connectivity index (χ1v) is 8.40. The van der Waals surface area contributed by atoms with Crippen LogP contribution in [0.5, 0.6) is 0 Å². The molecule has 4 nitrogen and oxygen atoms in total. The maximum absolute atomic E-state index is 4.59. The van der Waals surface area contributed by atoms with Gasteiger partial charge >= 0.3 is 0 Å². The van der Waals surface area contributed by atoms with Gasteiger partial charge in [0.1, 0.15) is 11.6 Å². The molecule has 112 valence electrons. The summed E-state index contributed by atoms with van der Waals surface area (Å²) in [6.45, 7) is 5.07.